The van der Waals surface area contributed by atoms with Gasteiger partial charge in [-0.2, -0.15) is 13.2 Å². The molecule has 0 N–H and O–H groups in total. The molecule has 1 fully saturated rings. The monoisotopic (exact) mass is 323 g/mol. The molecule has 0 atom stereocenters. The van der Waals surface area contributed by atoms with Gasteiger partial charge in [0.05, 0.1) is 12.1 Å². The standard InChI is InChI=1S/C18H20F3NO/c1-13-11-16(14-5-7-15(8-6-14)18(19,20)21)23-17(13)12-22-9-3-2-4-10-22/h5-8,11H,2-4,9-10,12H2,1H3. The molecule has 2 nitrogen and oxygen atoms in total. The van der Waals surface area contributed by atoms with Gasteiger partial charge in [0.15, 0.2) is 0 Å². The van der Waals surface area contributed by atoms with Gasteiger partial charge in [0.2, 0.25) is 0 Å². The van der Waals surface area contributed by atoms with Crippen molar-refractivity contribution in [2.24, 2.45) is 0 Å². The second kappa shape index (κ2) is 6.40. The molecule has 1 aromatic carbocycles. The van der Waals surface area contributed by atoms with Gasteiger partial charge in [-0.1, -0.05) is 18.6 Å². The fraction of sp³-hybridized carbons (Fsp3) is 0.444. The largest absolute Gasteiger partial charge is 0.459 e. The Balaban J connectivity index is 1.77. The molecule has 0 unspecified atom stereocenters. The Morgan fingerprint density at radius 1 is 1.04 bits per heavy atom. The Morgan fingerprint density at radius 3 is 2.30 bits per heavy atom. The van der Waals surface area contributed by atoms with E-state index < -0.39 is 11.7 Å². The molecule has 1 aliphatic heterocycles. The van der Waals surface area contributed by atoms with Crippen LogP contribution in [0.3, 0.4) is 0 Å². The predicted octanol–water partition coefficient (Wildman–Crippen LogP) is 5.26. The number of hydrogen-bond acceptors (Lipinski definition) is 2. The number of nitrogens with zero attached hydrogens (tertiary/aromatic N) is 1. The Hall–Kier alpha value is -1.75. The topological polar surface area (TPSA) is 16.4 Å². The van der Waals surface area contributed by atoms with Crippen molar-refractivity contribution in [1.82, 2.24) is 4.90 Å². The maximum Gasteiger partial charge on any atom is 0.416 e. The molecule has 0 bridgehead atoms. The smallest absolute Gasteiger partial charge is 0.416 e. The van der Waals surface area contributed by atoms with Crippen molar-refractivity contribution in [2.45, 2.75) is 38.9 Å². The van der Waals surface area contributed by atoms with E-state index in [4.69, 9.17) is 4.42 Å². The zero-order chi connectivity index (χ0) is 16.4. The minimum atomic E-state index is -4.31. The molecule has 0 spiro atoms. The van der Waals surface area contributed by atoms with E-state index in [2.05, 4.69) is 4.90 Å². The number of benzene rings is 1. The molecular formula is C18H20F3NO. The number of furan rings is 1. The lowest BCUT2D eigenvalue weighted by Gasteiger charge is -2.25. The molecule has 0 saturated carbocycles. The summed E-state index contributed by atoms with van der Waals surface area (Å²) in [7, 11) is 0. The van der Waals surface area contributed by atoms with Crippen LogP contribution in [0.4, 0.5) is 13.2 Å². The third-order valence-electron chi connectivity index (χ3n) is 4.33. The maximum absolute atomic E-state index is 12.6. The number of halogens is 3. The van der Waals surface area contributed by atoms with E-state index in [9.17, 15) is 13.2 Å². The summed E-state index contributed by atoms with van der Waals surface area (Å²) < 4.78 is 43.8. The number of alkyl halides is 3. The second-order valence-electron chi connectivity index (χ2n) is 6.13. The third-order valence-corrected chi connectivity index (χ3v) is 4.33. The zero-order valence-electron chi connectivity index (χ0n) is 13.1. The van der Waals surface area contributed by atoms with E-state index >= 15 is 0 Å². The van der Waals surface area contributed by atoms with Gasteiger partial charge in [-0.25, -0.2) is 0 Å². The molecule has 1 saturated heterocycles. The van der Waals surface area contributed by atoms with Crippen molar-refractivity contribution in [2.75, 3.05) is 13.1 Å². The van der Waals surface area contributed by atoms with E-state index in [1.54, 1.807) is 0 Å². The molecule has 23 heavy (non-hydrogen) atoms. The van der Waals surface area contributed by atoms with Crippen LogP contribution in [0.5, 0.6) is 0 Å². The second-order valence-corrected chi connectivity index (χ2v) is 6.13. The van der Waals surface area contributed by atoms with Crippen molar-refractivity contribution in [3.63, 3.8) is 0 Å². The van der Waals surface area contributed by atoms with E-state index in [0.29, 0.717) is 11.3 Å². The van der Waals surface area contributed by atoms with Crippen LogP contribution in [0.25, 0.3) is 11.3 Å². The lowest BCUT2D eigenvalue weighted by molar-refractivity contribution is -0.137. The van der Waals surface area contributed by atoms with Gasteiger partial charge in [-0.15, -0.1) is 0 Å². The third kappa shape index (κ3) is 3.78. The summed E-state index contributed by atoms with van der Waals surface area (Å²) in [5.74, 6) is 1.53. The van der Waals surface area contributed by atoms with Crippen molar-refractivity contribution in [3.8, 4) is 11.3 Å². The average Bonchev–Trinajstić information content (AvgIpc) is 2.89. The summed E-state index contributed by atoms with van der Waals surface area (Å²) in [6.07, 6.45) is -0.599. The van der Waals surface area contributed by atoms with E-state index in [1.165, 1.54) is 31.4 Å². The summed E-state index contributed by atoms with van der Waals surface area (Å²) >= 11 is 0. The predicted molar refractivity (Wildman–Crippen MR) is 83.0 cm³/mol. The molecule has 1 aromatic heterocycles. The fourth-order valence-electron chi connectivity index (χ4n) is 2.96. The summed E-state index contributed by atoms with van der Waals surface area (Å²) in [5.41, 5.74) is 1.08. The van der Waals surface area contributed by atoms with Gasteiger partial charge in [-0.3, -0.25) is 4.90 Å². The average molecular weight is 323 g/mol. The molecule has 2 heterocycles. The SMILES string of the molecule is Cc1cc(-c2ccc(C(F)(F)F)cc2)oc1CN1CCCCC1. The first-order chi connectivity index (χ1) is 10.9. The summed E-state index contributed by atoms with van der Waals surface area (Å²) in [6, 6.07) is 7.02. The Kier molecular flexibility index (Phi) is 4.48. The normalized spacial score (nSPS) is 16.7. The Labute approximate surface area is 133 Å². The molecule has 3 rings (SSSR count). The first kappa shape index (κ1) is 16.1. The van der Waals surface area contributed by atoms with Crippen LogP contribution >= 0.6 is 0 Å². The van der Waals surface area contributed by atoms with Crippen LogP contribution in [0.2, 0.25) is 0 Å². The number of piperidine rings is 1. The summed E-state index contributed by atoms with van der Waals surface area (Å²) in [4.78, 5) is 2.37. The van der Waals surface area contributed by atoms with Gasteiger partial charge < -0.3 is 4.42 Å². The number of aryl methyl sites for hydroxylation is 1. The molecular weight excluding hydrogens is 303 g/mol. The molecule has 1 aliphatic rings. The number of hydrogen-bond donors (Lipinski definition) is 0. The molecule has 0 aliphatic carbocycles. The summed E-state index contributed by atoms with van der Waals surface area (Å²) in [6.45, 7) is 4.91. The first-order valence-corrected chi connectivity index (χ1v) is 7.93. The van der Waals surface area contributed by atoms with Gasteiger partial charge >= 0.3 is 6.18 Å². The van der Waals surface area contributed by atoms with Crippen LogP contribution < -0.4 is 0 Å². The highest BCUT2D eigenvalue weighted by Crippen LogP contribution is 2.32. The molecule has 0 radical (unpaired) electrons. The van der Waals surface area contributed by atoms with E-state index in [-0.39, 0.29) is 0 Å². The zero-order valence-corrected chi connectivity index (χ0v) is 13.1. The number of likely N-dealkylation sites (tertiary alicyclic amines) is 1. The maximum atomic E-state index is 12.6. The van der Waals surface area contributed by atoms with Gasteiger partial charge in [0.1, 0.15) is 11.5 Å². The van der Waals surface area contributed by atoms with E-state index in [1.807, 2.05) is 13.0 Å². The van der Waals surface area contributed by atoms with Crippen molar-refractivity contribution in [1.29, 1.82) is 0 Å². The van der Waals surface area contributed by atoms with Crippen molar-refractivity contribution >= 4 is 0 Å². The van der Waals surface area contributed by atoms with Gasteiger partial charge in [0, 0.05) is 5.56 Å². The van der Waals surface area contributed by atoms with Crippen LogP contribution in [-0.2, 0) is 12.7 Å². The number of rotatable bonds is 3. The highest BCUT2D eigenvalue weighted by atomic mass is 19.4. The molecule has 0 amide bonds. The Morgan fingerprint density at radius 2 is 1.70 bits per heavy atom. The van der Waals surface area contributed by atoms with Crippen molar-refractivity contribution in [3.05, 3.63) is 47.2 Å². The van der Waals surface area contributed by atoms with Crippen molar-refractivity contribution < 1.29 is 17.6 Å². The Bertz CT molecular complexity index is 652. The van der Waals surface area contributed by atoms with Gasteiger partial charge in [-0.05, 0) is 56.6 Å². The van der Waals surface area contributed by atoms with Crippen LogP contribution in [0.1, 0.15) is 36.1 Å². The highest BCUT2D eigenvalue weighted by Gasteiger charge is 2.30. The first-order valence-electron chi connectivity index (χ1n) is 7.93. The van der Waals surface area contributed by atoms with Crippen LogP contribution in [0.15, 0.2) is 34.7 Å². The van der Waals surface area contributed by atoms with Gasteiger partial charge in [0.25, 0.3) is 0 Å². The van der Waals surface area contributed by atoms with Crippen LogP contribution in [0, 0.1) is 6.92 Å². The quantitative estimate of drug-likeness (QED) is 0.766. The molecule has 5 heteroatoms. The molecule has 124 valence electrons. The minimum Gasteiger partial charge on any atom is -0.459 e. The lowest BCUT2D eigenvalue weighted by Crippen LogP contribution is -2.29. The lowest BCUT2D eigenvalue weighted by atomic mass is 10.1. The van der Waals surface area contributed by atoms with Crippen LogP contribution in [-0.4, -0.2) is 18.0 Å². The van der Waals surface area contributed by atoms with E-state index in [0.717, 1.165) is 43.1 Å². The molecule has 2 aromatic rings. The summed E-state index contributed by atoms with van der Waals surface area (Å²) in [5, 5.41) is 0. The fourth-order valence-corrected chi connectivity index (χ4v) is 2.96. The minimum absolute atomic E-state index is 0.628. The highest BCUT2D eigenvalue weighted by molar-refractivity contribution is 5.59.